The highest BCUT2D eigenvalue weighted by Crippen LogP contribution is 2.09. The van der Waals surface area contributed by atoms with Gasteiger partial charge in [0.25, 0.3) is 0 Å². The van der Waals surface area contributed by atoms with E-state index in [2.05, 4.69) is 6.58 Å². The molecule has 1 unspecified atom stereocenters. The first-order chi connectivity index (χ1) is 8.52. The van der Waals surface area contributed by atoms with E-state index in [4.69, 9.17) is 9.47 Å². The Labute approximate surface area is 108 Å². The summed E-state index contributed by atoms with van der Waals surface area (Å²) in [5.41, 5.74) is 1.48. The largest absolute Gasteiger partial charge is 0.432 e. The Morgan fingerprint density at radius 2 is 1.89 bits per heavy atom. The van der Waals surface area contributed by atoms with Crippen molar-refractivity contribution in [3.05, 3.63) is 42.0 Å². The van der Waals surface area contributed by atoms with Gasteiger partial charge in [-0.2, -0.15) is 0 Å². The molecule has 0 saturated heterocycles. The number of benzene rings is 1. The topological polar surface area (TPSA) is 35.5 Å². The zero-order chi connectivity index (χ0) is 13.5. The minimum Gasteiger partial charge on any atom is -0.432 e. The van der Waals surface area contributed by atoms with Crippen LogP contribution in [-0.2, 0) is 9.47 Å². The fraction of sp³-hybridized carbons (Fsp3) is 0.400. The molecule has 1 aromatic carbocycles. The van der Waals surface area contributed by atoms with Crippen LogP contribution in [0.15, 0.2) is 30.8 Å². The Balaban J connectivity index is 2.51. The second-order valence-electron chi connectivity index (χ2n) is 4.53. The maximum atomic E-state index is 11.8. The maximum absolute atomic E-state index is 11.8. The number of rotatable bonds is 6. The lowest BCUT2D eigenvalue weighted by Crippen LogP contribution is -2.20. The summed E-state index contributed by atoms with van der Waals surface area (Å²) in [6, 6.07) is 7.08. The molecule has 0 spiro atoms. The van der Waals surface area contributed by atoms with E-state index in [0.29, 0.717) is 18.1 Å². The first-order valence-corrected chi connectivity index (χ1v) is 6.08. The quantitative estimate of drug-likeness (QED) is 0.571. The predicted molar refractivity (Wildman–Crippen MR) is 72.2 cm³/mol. The first-order valence-electron chi connectivity index (χ1n) is 6.08. The molecule has 0 aliphatic rings. The standard InChI is InChI=1S/C15H20O3/c1-5-13-6-8-14(9-7-13)15(16)18-12(4)17-10-11(2)3/h5-9,11-12H,1,10H2,2-4H3. The van der Waals surface area contributed by atoms with Gasteiger partial charge in [-0.15, -0.1) is 0 Å². The van der Waals surface area contributed by atoms with E-state index < -0.39 is 6.29 Å². The van der Waals surface area contributed by atoms with Crippen molar-refractivity contribution in [3.8, 4) is 0 Å². The zero-order valence-electron chi connectivity index (χ0n) is 11.2. The van der Waals surface area contributed by atoms with Crippen LogP contribution in [-0.4, -0.2) is 18.9 Å². The molecule has 1 atom stereocenters. The van der Waals surface area contributed by atoms with Gasteiger partial charge >= 0.3 is 5.97 Å². The lowest BCUT2D eigenvalue weighted by Gasteiger charge is -2.15. The van der Waals surface area contributed by atoms with Gasteiger partial charge < -0.3 is 9.47 Å². The molecular formula is C15H20O3. The third-order valence-electron chi connectivity index (χ3n) is 2.32. The highest BCUT2D eigenvalue weighted by atomic mass is 16.7. The van der Waals surface area contributed by atoms with Gasteiger partial charge in [-0.3, -0.25) is 0 Å². The number of ether oxygens (including phenoxy) is 2. The normalized spacial score (nSPS) is 12.2. The van der Waals surface area contributed by atoms with Crippen LogP contribution in [0.2, 0.25) is 0 Å². The Hall–Kier alpha value is -1.61. The Morgan fingerprint density at radius 3 is 2.39 bits per heavy atom. The van der Waals surface area contributed by atoms with Crippen LogP contribution in [0.4, 0.5) is 0 Å². The van der Waals surface area contributed by atoms with Crippen molar-refractivity contribution in [2.24, 2.45) is 5.92 Å². The predicted octanol–water partition coefficient (Wildman–Crippen LogP) is 3.51. The SMILES string of the molecule is C=Cc1ccc(C(=O)OC(C)OCC(C)C)cc1. The van der Waals surface area contributed by atoms with Gasteiger partial charge in [0.2, 0.25) is 0 Å². The summed E-state index contributed by atoms with van der Waals surface area (Å²) in [5, 5.41) is 0. The molecule has 0 amide bonds. The van der Waals surface area contributed by atoms with Gasteiger partial charge in [0.05, 0.1) is 12.2 Å². The molecule has 18 heavy (non-hydrogen) atoms. The third-order valence-corrected chi connectivity index (χ3v) is 2.32. The molecule has 3 nitrogen and oxygen atoms in total. The third kappa shape index (κ3) is 4.72. The lowest BCUT2D eigenvalue weighted by atomic mass is 10.1. The van der Waals surface area contributed by atoms with Crippen molar-refractivity contribution in [2.45, 2.75) is 27.1 Å². The molecule has 0 bridgehead atoms. The second kappa shape index (κ2) is 6.97. The molecule has 0 fully saturated rings. The number of carbonyl (C=O) groups is 1. The van der Waals surface area contributed by atoms with Crippen LogP contribution in [0.5, 0.6) is 0 Å². The summed E-state index contributed by atoms with van der Waals surface area (Å²) < 4.78 is 10.6. The van der Waals surface area contributed by atoms with Crippen molar-refractivity contribution < 1.29 is 14.3 Å². The molecule has 0 aliphatic heterocycles. The van der Waals surface area contributed by atoms with Crippen LogP contribution >= 0.6 is 0 Å². The number of carbonyl (C=O) groups excluding carboxylic acids is 1. The minimum absolute atomic E-state index is 0.373. The van der Waals surface area contributed by atoms with Gasteiger partial charge in [0, 0.05) is 0 Å². The molecule has 0 aliphatic carbocycles. The Morgan fingerprint density at radius 1 is 1.28 bits per heavy atom. The second-order valence-corrected chi connectivity index (χ2v) is 4.53. The molecule has 98 valence electrons. The molecule has 1 aromatic rings. The fourth-order valence-electron chi connectivity index (χ4n) is 1.34. The summed E-state index contributed by atoms with van der Waals surface area (Å²) >= 11 is 0. The van der Waals surface area contributed by atoms with Gasteiger partial charge in [-0.05, 0) is 30.5 Å². The molecule has 1 rings (SSSR count). The minimum atomic E-state index is -0.529. The van der Waals surface area contributed by atoms with E-state index in [-0.39, 0.29) is 5.97 Å². The van der Waals surface area contributed by atoms with E-state index in [1.165, 1.54) is 0 Å². The summed E-state index contributed by atoms with van der Waals surface area (Å²) in [7, 11) is 0. The van der Waals surface area contributed by atoms with Crippen LogP contribution in [0, 0.1) is 5.92 Å². The highest BCUT2D eigenvalue weighted by molar-refractivity contribution is 5.89. The first kappa shape index (κ1) is 14.5. The van der Waals surface area contributed by atoms with Crippen LogP contribution in [0.3, 0.4) is 0 Å². The van der Waals surface area contributed by atoms with Crippen molar-refractivity contribution in [1.29, 1.82) is 0 Å². The fourth-order valence-corrected chi connectivity index (χ4v) is 1.34. The van der Waals surface area contributed by atoms with E-state index in [1.54, 1.807) is 25.1 Å². The molecular weight excluding hydrogens is 228 g/mol. The van der Waals surface area contributed by atoms with Crippen LogP contribution in [0.1, 0.15) is 36.7 Å². The van der Waals surface area contributed by atoms with Crippen LogP contribution in [0.25, 0.3) is 6.08 Å². The van der Waals surface area contributed by atoms with Gasteiger partial charge in [0.1, 0.15) is 0 Å². The molecule has 0 radical (unpaired) electrons. The molecule has 0 heterocycles. The average Bonchev–Trinajstić information content (AvgIpc) is 2.36. The summed E-state index contributed by atoms with van der Waals surface area (Å²) in [6.07, 6.45) is 1.20. The van der Waals surface area contributed by atoms with E-state index in [1.807, 2.05) is 26.0 Å². The Bertz CT molecular complexity index is 393. The average molecular weight is 248 g/mol. The monoisotopic (exact) mass is 248 g/mol. The number of esters is 1. The summed E-state index contributed by atoms with van der Waals surface area (Å²) in [5.74, 6) is 0.0416. The van der Waals surface area contributed by atoms with Gasteiger partial charge in [-0.25, -0.2) is 4.79 Å². The smallest absolute Gasteiger partial charge is 0.340 e. The van der Waals surface area contributed by atoms with Crippen LogP contribution < -0.4 is 0 Å². The highest BCUT2D eigenvalue weighted by Gasteiger charge is 2.12. The zero-order valence-corrected chi connectivity index (χ0v) is 11.2. The molecule has 0 aromatic heterocycles. The van der Waals surface area contributed by atoms with Crippen molar-refractivity contribution >= 4 is 12.0 Å². The molecule has 0 saturated carbocycles. The van der Waals surface area contributed by atoms with E-state index in [9.17, 15) is 4.79 Å². The number of hydrogen-bond donors (Lipinski definition) is 0. The van der Waals surface area contributed by atoms with Gasteiger partial charge in [-0.1, -0.05) is 38.6 Å². The van der Waals surface area contributed by atoms with Crippen molar-refractivity contribution in [2.75, 3.05) is 6.61 Å². The van der Waals surface area contributed by atoms with E-state index >= 15 is 0 Å². The number of hydrogen-bond acceptors (Lipinski definition) is 3. The molecule has 0 N–H and O–H groups in total. The van der Waals surface area contributed by atoms with E-state index in [0.717, 1.165) is 5.56 Å². The van der Waals surface area contributed by atoms with Gasteiger partial charge in [0.15, 0.2) is 6.29 Å². The summed E-state index contributed by atoms with van der Waals surface area (Å²) in [6.45, 7) is 10.0. The molecule has 3 heteroatoms. The van der Waals surface area contributed by atoms with Crippen molar-refractivity contribution in [1.82, 2.24) is 0 Å². The maximum Gasteiger partial charge on any atom is 0.340 e. The Kier molecular flexibility index (Phi) is 5.59. The lowest BCUT2D eigenvalue weighted by molar-refractivity contribution is -0.105. The van der Waals surface area contributed by atoms with Crippen molar-refractivity contribution in [3.63, 3.8) is 0 Å². The summed E-state index contributed by atoms with van der Waals surface area (Å²) in [4.78, 5) is 11.8.